The van der Waals surface area contributed by atoms with E-state index in [4.69, 9.17) is 9.26 Å². The molecular weight excluding hydrogens is 256 g/mol. The van der Waals surface area contributed by atoms with Gasteiger partial charge in [0.2, 0.25) is 11.7 Å². The predicted octanol–water partition coefficient (Wildman–Crippen LogP) is 1.53. The van der Waals surface area contributed by atoms with Gasteiger partial charge in [0, 0.05) is 12.2 Å². The van der Waals surface area contributed by atoms with E-state index in [0.29, 0.717) is 24.9 Å². The normalized spacial score (nSPS) is 22.3. The molecule has 0 saturated carbocycles. The molecule has 6 nitrogen and oxygen atoms in total. The van der Waals surface area contributed by atoms with Gasteiger partial charge in [-0.1, -0.05) is 18.1 Å². The van der Waals surface area contributed by atoms with Crippen molar-refractivity contribution in [2.24, 2.45) is 0 Å². The molecule has 106 valence electrons. The van der Waals surface area contributed by atoms with Crippen molar-refractivity contribution in [1.29, 1.82) is 0 Å². The second-order valence-corrected chi connectivity index (χ2v) is 4.93. The van der Waals surface area contributed by atoms with E-state index in [2.05, 4.69) is 27.4 Å². The third-order valence-electron chi connectivity index (χ3n) is 3.53. The fourth-order valence-electron chi connectivity index (χ4n) is 2.46. The number of nitrogens with zero attached hydrogens (tertiary/aromatic N) is 3. The number of pyridine rings is 1. The van der Waals surface area contributed by atoms with Crippen LogP contribution in [-0.2, 0) is 4.74 Å². The fraction of sp³-hybridized carbons (Fsp3) is 0.500. The van der Waals surface area contributed by atoms with Gasteiger partial charge in [-0.15, -0.1) is 0 Å². The summed E-state index contributed by atoms with van der Waals surface area (Å²) >= 11 is 0. The number of likely N-dealkylation sites (N-methyl/N-ethyl adjacent to an activating group) is 1. The smallest absolute Gasteiger partial charge is 0.234 e. The molecule has 1 N–H and O–H groups in total. The van der Waals surface area contributed by atoms with Crippen LogP contribution < -0.4 is 5.32 Å². The monoisotopic (exact) mass is 274 g/mol. The van der Waals surface area contributed by atoms with Crippen LogP contribution in [0.5, 0.6) is 0 Å². The summed E-state index contributed by atoms with van der Waals surface area (Å²) < 4.78 is 10.9. The Morgan fingerprint density at radius 3 is 3.10 bits per heavy atom. The summed E-state index contributed by atoms with van der Waals surface area (Å²) in [6.45, 7) is 6.24. The molecule has 3 heterocycles. The van der Waals surface area contributed by atoms with Crippen LogP contribution in [0.25, 0.3) is 11.5 Å². The van der Waals surface area contributed by atoms with Gasteiger partial charge in [-0.05, 0) is 25.1 Å². The van der Waals surface area contributed by atoms with Gasteiger partial charge >= 0.3 is 0 Å². The maximum absolute atomic E-state index is 5.51. The largest absolute Gasteiger partial charge is 0.379 e. The molecule has 1 saturated heterocycles. The average molecular weight is 274 g/mol. The summed E-state index contributed by atoms with van der Waals surface area (Å²) in [5, 5.41) is 7.44. The molecule has 0 amide bonds. The predicted molar refractivity (Wildman–Crippen MR) is 73.3 cm³/mol. The summed E-state index contributed by atoms with van der Waals surface area (Å²) in [5.41, 5.74) is 1.80. The van der Waals surface area contributed by atoms with E-state index < -0.39 is 0 Å². The number of hydrogen-bond donors (Lipinski definition) is 1. The first-order valence-corrected chi connectivity index (χ1v) is 6.86. The van der Waals surface area contributed by atoms with Gasteiger partial charge in [-0.3, -0.25) is 4.98 Å². The molecular formula is C14H18N4O2. The molecule has 2 aromatic heterocycles. The summed E-state index contributed by atoms with van der Waals surface area (Å²) in [6, 6.07) is 4.11. The quantitative estimate of drug-likeness (QED) is 0.911. The minimum atomic E-state index is 0.111. The number of rotatable bonds is 4. The maximum atomic E-state index is 5.51. The minimum absolute atomic E-state index is 0.111. The lowest BCUT2D eigenvalue weighted by atomic mass is 10.0. The Hall–Kier alpha value is -1.79. The van der Waals surface area contributed by atoms with Crippen molar-refractivity contribution in [3.8, 4) is 11.5 Å². The van der Waals surface area contributed by atoms with Crippen LogP contribution in [0.15, 0.2) is 22.9 Å². The molecule has 2 unspecified atom stereocenters. The Morgan fingerprint density at radius 2 is 2.30 bits per heavy atom. The molecule has 1 aliphatic rings. The zero-order valence-electron chi connectivity index (χ0n) is 11.7. The van der Waals surface area contributed by atoms with E-state index in [1.807, 2.05) is 19.1 Å². The van der Waals surface area contributed by atoms with Gasteiger partial charge in [0.25, 0.3) is 0 Å². The van der Waals surface area contributed by atoms with E-state index in [-0.39, 0.29) is 12.0 Å². The average Bonchev–Trinajstić information content (AvgIpc) is 3.08. The lowest BCUT2D eigenvalue weighted by molar-refractivity contribution is 0.185. The number of aryl methyl sites for hydroxylation is 1. The third kappa shape index (κ3) is 2.44. The van der Waals surface area contributed by atoms with E-state index in [0.717, 1.165) is 17.8 Å². The molecule has 1 aliphatic heterocycles. The van der Waals surface area contributed by atoms with Crippen LogP contribution >= 0.6 is 0 Å². The van der Waals surface area contributed by atoms with Gasteiger partial charge in [-0.25, -0.2) is 0 Å². The first-order valence-electron chi connectivity index (χ1n) is 6.86. The SMILES string of the molecule is CCNC1COCC1c1nc(-c2ncccc2C)no1. The minimum Gasteiger partial charge on any atom is -0.379 e. The van der Waals surface area contributed by atoms with Crippen LogP contribution in [-0.4, -0.2) is 40.9 Å². The Bertz CT molecular complexity index is 584. The van der Waals surface area contributed by atoms with Crippen LogP contribution in [0.1, 0.15) is 24.3 Å². The summed E-state index contributed by atoms with van der Waals surface area (Å²) in [7, 11) is 0. The Morgan fingerprint density at radius 1 is 1.40 bits per heavy atom. The maximum Gasteiger partial charge on any atom is 0.234 e. The lowest BCUT2D eigenvalue weighted by Crippen LogP contribution is -2.34. The van der Waals surface area contributed by atoms with Crippen LogP contribution in [0, 0.1) is 6.92 Å². The van der Waals surface area contributed by atoms with Crippen LogP contribution in [0.4, 0.5) is 0 Å². The van der Waals surface area contributed by atoms with Crippen LogP contribution in [0.2, 0.25) is 0 Å². The van der Waals surface area contributed by atoms with Gasteiger partial charge in [0.15, 0.2) is 0 Å². The summed E-state index contributed by atoms with van der Waals surface area (Å²) in [5.74, 6) is 1.27. The molecule has 0 spiro atoms. The number of nitrogens with one attached hydrogen (secondary N) is 1. The molecule has 20 heavy (non-hydrogen) atoms. The highest BCUT2D eigenvalue weighted by molar-refractivity contribution is 5.53. The van der Waals surface area contributed by atoms with Gasteiger partial charge < -0.3 is 14.6 Å². The first-order chi connectivity index (χ1) is 9.79. The molecule has 0 radical (unpaired) electrons. The second kappa shape index (κ2) is 5.68. The number of hydrogen-bond acceptors (Lipinski definition) is 6. The van der Waals surface area contributed by atoms with Crippen molar-refractivity contribution in [2.45, 2.75) is 25.8 Å². The molecule has 0 aromatic carbocycles. The lowest BCUT2D eigenvalue weighted by Gasteiger charge is -2.13. The molecule has 6 heteroatoms. The van der Waals surface area contributed by atoms with Crippen molar-refractivity contribution >= 4 is 0 Å². The van der Waals surface area contributed by atoms with Crippen molar-refractivity contribution in [1.82, 2.24) is 20.4 Å². The molecule has 0 bridgehead atoms. The standard InChI is InChI=1S/C14H18N4O2/c1-3-15-11-8-19-7-10(11)14-17-13(18-20-14)12-9(2)5-4-6-16-12/h4-6,10-11,15H,3,7-8H2,1-2H3. The van der Waals surface area contributed by atoms with Crippen LogP contribution in [0.3, 0.4) is 0 Å². The second-order valence-electron chi connectivity index (χ2n) is 4.93. The fourth-order valence-corrected chi connectivity index (χ4v) is 2.46. The van der Waals surface area contributed by atoms with Crippen molar-refractivity contribution in [3.05, 3.63) is 29.8 Å². The summed E-state index contributed by atoms with van der Waals surface area (Å²) in [6.07, 6.45) is 1.73. The zero-order valence-corrected chi connectivity index (χ0v) is 11.7. The molecule has 3 rings (SSSR count). The zero-order chi connectivity index (χ0) is 13.9. The third-order valence-corrected chi connectivity index (χ3v) is 3.53. The van der Waals surface area contributed by atoms with E-state index >= 15 is 0 Å². The highest BCUT2D eigenvalue weighted by Gasteiger charge is 2.33. The van der Waals surface area contributed by atoms with Gasteiger partial charge in [-0.2, -0.15) is 4.98 Å². The van der Waals surface area contributed by atoms with Crippen molar-refractivity contribution in [3.63, 3.8) is 0 Å². The van der Waals surface area contributed by atoms with Crippen molar-refractivity contribution in [2.75, 3.05) is 19.8 Å². The number of aromatic nitrogens is 3. The Balaban J connectivity index is 1.85. The number of ether oxygens (including phenoxy) is 1. The highest BCUT2D eigenvalue weighted by atomic mass is 16.5. The molecule has 2 atom stereocenters. The topological polar surface area (TPSA) is 73.1 Å². The Labute approximate surface area is 117 Å². The Kier molecular flexibility index (Phi) is 3.75. The molecule has 0 aliphatic carbocycles. The van der Waals surface area contributed by atoms with Gasteiger partial charge in [0.05, 0.1) is 19.1 Å². The van der Waals surface area contributed by atoms with Crippen molar-refractivity contribution < 1.29 is 9.26 Å². The molecule has 2 aromatic rings. The molecule has 1 fully saturated rings. The van der Waals surface area contributed by atoms with E-state index in [9.17, 15) is 0 Å². The highest BCUT2D eigenvalue weighted by Crippen LogP contribution is 2.26. The first kappa shape index (κ1) is 13.2. The van der Waals surface area contributed by atoms with Gasteiger partial charge in [0.1, 0.15) is 5.69 Å². The van der Waals surface area contributed by atoms with E-state index in [1.54, 1.807) is 6.20 Å². The summed E-state index contributed by atoms with van der Waals surface area (Å²) in [4.78, 5) is 8.81. The van der Waals surface area contributed by atoms with E-state index in [1.165, 1.54) is 0 Å².